The molecule has 0 unspecified atom stereocenters. The molecule has 0 N–H and O–H groups in total. The first-order valence-corrected chi connectivity index (χ1v) is 11.9. The fourth-order valence-corrected chi connectivity index (χ4v) is 5.89. The second-order valence-electron chi connectivity index (χ2n) is 5.15. The lowest BCUT2D eigenvalue weighted by Gasteiger charge is -2.19. The molecule has 0 saturated carbocycles. The van der Waals surface area contributed by atoms with E-state index < -0.39 is 16.1 Å². The first-order chi connectivity index (χ1) is 11.1. The molecule has 0 aromatic heterocycles. The molecule has 0 radical (unpaired) electrons. The summed E-state index contributed by atoms with van der Waals surface area (Å²) in [4.78, 5) is 0. The van der Waals surface area contributed by atoms with Gasteiger partial charge in [-0.1, -0.05) is 24.3 Å². The van der Waals surface area contributed by atoms with E-state index in [1.807, 2.05) is 27.7 Å². The van der Waals surface area contributed by atoms with Crippen molar-refractivity contribution in [2.75, 3.05) is 33.1 Å². The van der Waals surface area contributed by atoms with E-state index >= 15 is 0 Å². The molecular weight excluding hydrogens is 330 g/mol. The summed E-state index contributed by atoms with van der Waals surface area (Å²) >= 11 is 0. The van der Waals surface area contributed by atoms with Crippen molar-refractivity contribution in [3.05, 3.63) is 35.4 Å². The number of benzene rings is 1. The zero-order valence-electron chi connectivity index (χ0n) is 15.1. The Hall–Kier alpha value is -0.0800. The molecule has 4 nitrogen and oxygen atoms in total. The molecular formula is C17H31O4P2+. The van der Waals surface area contributed by atoms with Crippen molar-refractivity contribution in [3.63, 3.8) is 0 Å². The molecule has 132 valence electrons. The average molecular weight is 361 g/mol. The third-order valence-electron chi connectivity index (χ3n) is 3.15. The van der Waals surface area contributed by atoms with E-state index in [0.717, 1.165) is 12.3 Å². The van der Waals surface area contributed by atoms with Gasteiger partial charge in [0.15, 0.2) is 8.38 Å². The maximum Gasteiger partial charge on any atom is 0.276 e. The van der Waals surface area contributed by atoms with Crippen LogP contribution in [0.15, 0.2) is 24.3 Å². The lowest BCUT2D eigenvalue weighted by Crippen LogP contribution is -2.05. The highest BCUT2D eigenvalue weighted by Crippen LogP contribution is 2.60. The normalized spacial score (nSPS) is 12.1. The van der Waals surface area contributed by atoms with E-state index in [2.05, 4.69) is 30.9 Å². The Morgan fingerprint density at radius 2 is 1.26 bits per heavy atom. The maximum absolute atomic E-state index is 5.88. The SMILES string of the molecule is CCOP(Cc1ccc(C[P+](C)(OCC)OCC)cc1)OCC. The summed E-state index contributed by atoms with van der Waals surface area (Å²) in [7, 11) is -2.63. The molecule has 1 aromatic rings. The molecule has 0 atom stereocenters. The van der Waals surface area contributed by atoms with Crippen LogP contribution < -0.4 is 0 Å². The first-order valence-electron chi connectivity index (χ1n) is 8.32. The Morgan fingerprint density at radius 3 is 1.70 bits per heavy atom. The zero-order valence-corrected chi connectivity index (χ0v) is 16.9. The largest absolute Gasteiger partial charge is 0.334 e. The van der Waals surface area contributed by atoms with Crippen LogP contribution in [-0.2, 0) is 30.4 Å². The Labute approximate surface area is 143 Å². The van der Waals surface area contributed by atoms with Gasteiger partial charge in [0.2, 0.25) is 0 Å². The van der Waals surface area contributed by atoms with Gasteiger partial charge in [-0.3, -0.25) is 0 Å². The molecule has 0 amide bonds. The lowest BCUT2D eigenvalue weighted by molar-refractivity contribution is 0.252. The number of hydrogen-bond acceptors (Lipinski definition) is 4. The van der Waals surface area contributed by atoms with E-state index in [0.29, 0.717) is 26.4 Å². The van der Waals surface area contributed by atoms with Crippen LogP contribution in [0.5, 0.6) is 0 Å². The van der Waals surface area contributed by atoms with Crippen molar-refractivity contribution in [3.8, 4) is 0 Å². The number of rotatable bonds is 12. The van der Waals surface area contributed by atoms with Gasteiger partial charge in [-0.2, -0.15) is 0 Å². The molecule has 0 heterocycles. The highest BCUT2D eigenvalue weighted by Gasteiger charge is 2.35. The minimum atomic E-state index is -1.80. The predicted octanol–water partition coefficient (Wildman–Crippen LogP) is 5.62. The maximum atomic E-state index is 5.88. The van der Waals surface area contributed by atoms with Crippen molar-refractivity contribution in [1.29, 1.82) is 0 Å². The summed E-state index contributed by atoms with van der Waals surface area (Å²) in [6.45, 7) is 12.9. The van der Waals surface area contributed by atoms with Crippen molar-refractivity contribution < 1.29 is 18.1 Å². The minimum Gasteiger partial charge on any atom is -0.334 e. The molecule has 0 spiro atoms. The van der Waals surface area contributed by atoms with Gasteiger partial charge in [-0.05, 0) is 38.8 Å². The summed E-state index contributed by atoms with van der Waals surface area (Å²) in [6.07, 6.45) is 1.68. The second-order valence-corrected chi connectivity index (χ2v) is 9.51. The minimum absolute atomic E-state index is 0.690. The standard InChI is InChI=1S/C17H31O4P2/c1-6-18-22(19-7-2)14-16-10-12-17(13-11-16)15-23(5,20-8-3)21-9-4/h10-13H,6-9,14-15H2,1-5H3/q+1. The molecule has 0 aliphatic rings. The van der Waals surface area contributed by atoms with Crippen LogP contribution in [0, 0.1) is 0 Å². The number of hydrogen-bond donors (Lipinski definition) is 0. The summed E-state index contributed by atoms with van der Waals surface area (Å²) in [5.74, 6) is 0. The fourth-order valence-electron chi connectivity index (χ4n) is 2.32. The summed E-state index contributed by atoms with van der Waals surface area (Å²) in [5, 5.41) is 0. The smallest absolute Gasteiger partial charge is 0.276 e. The van der Waals surface area contributed by atoms with Gasteiger partial charge >= 0.3 is 0 Å². The van der Waals surface area contributed by atoms with Crippen LogP contribution in [-0.4, -0.2) is 33.1 Å². The monoisotopic (exact) mass is 361 g/mol. The Bertz CT molecular complexity index is 413. The first kappa shape index (κ1) is 21.0. The van der Waals surface area contributed by atoms with E-state index in [-0.39, 0.29) is 0 Å². The van der Waals surface area contributed by atoms with E-state index in [1.54, 1.807) is 0 Å². The van der Waals surface area contributed by atoms with Crippen molar-refractivity contribution in [2.24, 2.45) is 0 Å². The van der Waals surface area contributed by atoms with Gasteiger partial charge in [0.25, 0.3) is 7.72 Å². The van der Waals surface area contributed by atoms with Crippen LogP contribution in [0.2, 0.25) is 0 Å². The molecule has 1 rings (SSSR count). The molecule has 6 heteroatoms. The zero-order chi connectivity index (χ0) is 17.1. The molecule has 0 saturated heterocycles. The molecule has 0 fully saturated rings. The molecule has 0 aliphatic heterocycles. The van der Waals surface area contributed by atoms with Crippen molar-refractivity contribution in [2.45, 2.75) is 40.0 Å². The van der Waals surface area contributed by atoms with Gasteiger partial charge in [0.05, 0.1) is 26.4 Å². The van der Waals surface area contributed by atoms with Crippen LogP contribution >= 0.6 is 16.1 Å². The summed E-state index contributed by atoms with van der Waals surface area (Å²) in [6, 6.07) is 8.64. The Balaban J connectivity index is 2.67. The van der Waals surface area contributed by atoms with E-state index in [1.165, 1.54) is 11.1 Å². The van der Waals surface area contributed by atoms with Crippen molar-refractivity contribution in [1.82, 2.24) is 0 Å². The van der Waals surface area contributed by atoms with Crippen LogP contribution in [0.3, 0.4) is 0 Å². The molecule has 0 aliphatic carbocycles. The molecule has 1 aromatic carbocycles. The van der Waals surface area contributed by atoms with Gasteiger partial charge in [0, 0.05) is 6.16 Å². The average Bonchev–Trinajstić information content (AvgIpc) is 2.50. The van der Waals surface area contributed by atoms with Gasteiger partial charge in [-0.25, -0.2) is 9.05 Å². The fraction of sp³-hybridized carbons (Fsp3) is 0.647. The quantitative estimate of drug-likeness (QED) is 0.453. The Kier molecular flexibility index (Phi) is 10.5. The third-order valence-corrected chi connectivity index (χ3v) is 7.42. The topological polar surface area (TPSA) is 36.9 Å². The highest BCUT2D eigenvalue weighted by atomic mass is 31.2. The van der Waals surface area contributed by atoms with Crippen LogP contribution in [0.4, 0.5) is 0 Å². The summed E-state index contributed by atoms with van der Waals surface area (Å²) < 4.78 is 23.1. The highest BCUT2D eigenvalue weighted by molar-refractivity contribution is 7.64. The van der Waals surface area contributed by atoms with Gasteiger partial charge in [0.1, 0.15) is 12.8 Å². The molecule has 0 bridgehead atoms. The third kappa shape index (κ3) is 8.03. The van der Waals surface area contributed by atoms with Gasteiger partial charge in [-0.15, -0.1) is 0 Å². The Morgan fingerprint density at radius 1 is 0.783 bits per heavy atom. The van der Waals surface area contributed by atoms with Crippen molar-refractivity contribution >= 4 is 16.1 Å². The van der Waals surface area contributed by atoms with E-state index in [9.17, 15) is 0 Å². The van der Waals surface area contributed by atoms with Crippen LogP contribution in [0.1, 0.15) is 38.8 Å². The summed E-state index contributed by atoms with van der Waals surface area (Å²) in [5.41, 5.74) is 2.50. The molecule has 23 heavy (non-hydrogen) atoms. The van der Waals surface area contributed by atoms with Crippen LogP contribution in [0.25, 0.3) is 0 Å². The lowest BCUT2D eigenvalue weighted by atomic mass is 10.2. The predicted molar refractivity (Wildman–Crippen MR) is 100 cm³/mol. The van der Waals surface area contributed by atoms with Gasteiger partial charge < -0.3 is 9.05 Å². The second kappa shape index (κ2) is 11.5. The van der Waals surface area contributed by atoms with E-state index in [4.69, 9.17) is 18.1 Å².